The Morgan fingerprint density at radius 1 is 1.39 bits per heavy atom. The van der Waals surface area contributed by atoms with Gasteiger partial charge in [-0.15, -0.1) is 0 Å². The van der Waals surface area contributed by atoms with E-state index >= 15 is 0 Å². The van der Waals surface area contributed by atoms with E-state index in [9.17, 15) is 18.0 Å². The number of carbonyl (C=O) groups excluding carboxylic acids is 1. The monoisotopic (exact) mass is 344 g/mol. The zero-order valence-corrected chi connectivity index (χ0v) is 14.2. The zero-order chi connectivity index (χ0) is 17.2. The average Bonchev–Trinajstić information content (AvgIpc) is 2.69. The molecule has 0 aliphatic carbocycles. The van der Waals surface area contributed by atoms with Crippen molar-refractivity contribution in [2.45, 2.75) is 45.1 Å². The highest BCUT2D eigenvalue weighted by Crippen LogP contribution is 2.28. The number of rotatable bonds is 4. The van der Waals surface area contributed by atoms with Gasteiger partial charge in [-0.3, -0.25) is 9.36 Å². The lowest BCUT2D eigenvalue weighted by atomic mass is 9.99. The van der Waals surface area contributed by atoms with Crippen LogP contribution in [0.3, 0.4) is 0 Å². The van der Waals surface area contributed by atoms with Crippen LogP contribution in [0.2, 0.25) is 0 Å². The summed E-state index contributed by atoms with van der Waals surface area (Å²) in [6, 6.07) is 0. The Morgan fingerprint density at radius 3 is 2.65 bits per heavy atom. The van der Waals surface area contributed by atoms with Gasteiger partial charge in [0.25, 0.3) is 5.56 Å². The summed E-state index contributed by atoms with van der Waals surface area (Å²) in [5, 5.41) is 0. The van der Waals surface area contributed by atoms with Crippen molar-refractivity contribution in [2.75, 3.05) is 13.4 Å². The summed E-state index contributed by atoms with van der Waals surface area (Å²) >= 11 is 0. The second-order valence-electron chi connectivity index (χ2n) is 5.48. The van der Waals surface area contributed by atoms with E-state index in [-0.39, 0.29) is 5.92 Å². The van der Waals surface area contributed by atoms with Gasteiger partial charge in [0.2, 0.25) is 5.75 Å². The second kappa shape index (κ2) is 6.69. The summed E-state index contributed by atoms with van der Waals surface area (Å²) in [7, 11) is -2.85. The van der Waals surface area contributed by atoms with Crippen LogP contribution >= 0.6 is 0 Å². The fourth-order valence-corrected chi connectivity index (χ4v) is 3.17. The highest BCUT2D eigenvalue weighted by atomic mass is 32.2. The maximum absolute atomic E-state index is 12.7. The number of fused-ring (bicyclic) bond motifs is 1. The molecule has 0 spiro atoms. The van der Waals surface area contributed by atoms with Crippen molar-refractivity contribution in [3.05, 3.63) is 21.9 Å². The molecule has 2 heterocycles. The first-order chi connectivity index (χ1) is 10.8. The molecule has 1 unspecified atom stereocenters. The molecular weight excluding hydrogens is 324 g/mol. The van der Waals surface area contributed by atoms with Crippen LogP contribution in [0.4, 0.5) is 0 Å². The average molecular weight is 344 g/mol. The van der Waals surface area contributed by atoms with Gasteiger partial charge in [-0.1, -0.05) is 13.3 Å². The van der Waals surface area contributed by atoms with Crippen LogP contribution in [-0.4, -0.2) is 37.3 Å². The van der Waals surface area contributed by atoms with E-state index in [0.717, 1.165) is 39.0 Å². The Bertz CT molecular complexity index is 768. The molecule has 1 atom stereocenters. The minimum Gasteiger partial charge on any atom is -0.464 e. The van der Waals surface area contributed by atoms with Gasteiger partial charge in [0.15, 0.2) is 5.69 Å². The van der Waals surface area contributed by atoms with Gasteiger partial charge in [-0.2, -0.15) is 8.42 Å². The number of esters is 1. The van der Waals surface area contributed by atoms with E-state index in [1.807, 2.05) is 6.92 Å². The molecule has 0 aromatic carbocycles. The van der Waals surface area contributed by atoms with Gasteiger partial charge in [-0.05, 0) is 19.3 Å². The zero-order valence-electron chi connectivity index (χ0n) is 13.4. The lowest BCUT2D eigenvalue weighted by Gasteiger charge is -2.18. The number of carbonyl (C=O) groups is 1. The smallest absolute Gasteiger partial charge is 0.360 e. The fraction of sp³-hybridized carbons (Fsp3) is 0.643. The molecule has 0 amide bonds. The predicted octanol–water partition coefficient (Wildman–Crippen LogP) is 1.05. The van der Waals surface area contributed by atoms with Gasteiger partial charge in [0.1, 0.15) is 5.82 Å². The highest BCUT2D eigenvalue weighted by molar-refractivity contribution is 7.86. The van der Waals surface area contributed by atoms with E-state index in [0.29, 0.717) is 12.4 Å². The van der Waals surface area contributed by atoms with Crippen LogP contribution in [-0.2, 0) is 21.4 Å². The molecule has 0 radical (unpaired) electrons. The summed E-state index contributed by atoms with van der Waals surface area (Å²) < 4.78 is 33.6. The largest absolute Gasteiger partial charge is 0.464 e. The molecular formula is C14H20N2O6S. The molecule has 9 heteroatoms. The Labute approximate surface area is 134 Å². The Balaban J connectivity index is 2.74. The molecule has 0 bridgehead atoms. The summed E-state index contributed by atoms with van der Waals surface area (Å²) in [4.78, 5) is 28.8. The number of aromatic nitrogens is 2. The summed E-state index contributed by atoms with van der Waals surface area (Å²) in [5.74, 6) is -0.986. The van der Waals surface area contributed by atoms with Crippen molar-refractivity contribution in [1.82, 2.24) is 9.55 Å². The van der Waals surface area contributed by atoms with Crippen molar-refractivity contribution in [2.24, 2.45) is 0 Å². The second-order valence-corrected chi connectivity index (χ2v) is 7.06. The minimum absolute atomic E-state index is 0.0286. The number of hydrogen-bond acceptors (Lipinski definition) is 7. The van der Waals surface area contributed by atoms with Gasteiger partial charge in [-0.25, -0.2) is 9.78 Å². The van der Waals surface area contributed by atoms with Crippen LogP contribution in [0.15, 0.2) is 4.79 Å². The molecule has 1 aromatic rings. The van der Waals surface area contributed by atoms with Gasteiger partial charge >= 0.3 is 16.1 Å². The molecule has 0 saturated heterocycles. The third-order valence-electron chi connectivity index (χ3n) is 3.81. The molecule has 8 nitrogen and oxygen atoms in total. The molecule has 0 fully saturated rings. The SMILES string of the molecule is CCC1CCCCn2c1nc(C(=O)OC)c(OS(C)(=O)=O)c2=O. The molecule has 2 rings (SSSR count). The fourth-order valence-electron chi connectivity index (χ4n) is 2.72. The van der Waals surface area contributed by atoms with Crippen molar-refractivity contribution >= 4 is 16.1 Å². The minimum atomic E-state index is -3.98. The van der Waals surface area contributed by atoms with Crippen LogP contribution in [0, 0.1) is 0 Å². The first-order valence-electron chi connectivity index (χ1n) is 7.41. The molecule has 1 aromatic heterocycles. The lowest BCUT2D eigenvalue weighted by Crippen LogP contribution is -2.31. The van der Waals surface area contributed by atoms with Crippen LogP contribution in [0.1, 0.15) is 54.8 Å². The van der Waals surface area contributed by atoms with Crippen LogP contribution in [0.5, 0.6) is 5.75 Å². The number of methoxy groups -OCH3 is 1. The van der Waals surface area contributed by atoms with E-state index in [2.05, 4.69) is 9.72 Å². The highest BCUT2D eigenvalue weighted by Gasteiger charge is 2.29. The van der Waals surface area contributed by atoms with E-state index in [1.165, 1.54) is 4.57 Å². The topological polar surface area (TPSA) is 105 Å². The molecule has 0 saturated carbocycles. The molecule has 1 aliphatic rings. The van der Waals surface area contributed by atoms with E-state index in [1.54, 1.807) is 0 Å². The quantitative estimate of drug-likeness (QED) is 0.594. The Kier molecular flexibility index (Phi) is 5.08. The van der Waals surface area contributed by atoms with Crippen LogP contribution < -0.4 is 9.74 Å². The predicted molar refractivity (Wildman–Crippen MR) is 82.2 cm³/mol. The maximum atomic E-state index is 12.7. The third kappa shape index (κ3) is 3.72. The van der Waals surface area contributed by atoms with Gasteiger partial charge in [0, 0.05) is 12.5 Å². The van der Waals surface area contributed by atoms with Crippen molar-refractivity contribution in [3.63, 3.8) is 0 Å². The molecule has 1 aliphatic heterocycles. The maximum Gasteiger partial charge on any atom is 0.360 e. The van der Waals surface area contributed by atoms with Crippen molar-refractivity contribution in [3.8, 4) is 5.75 Å². The molecule has 23 heavy (non-hydrogen) atoms. The lowest BCUT2D eigenvalue weighted by molar-refractivity contribution is 0.0590. The standard InChI is InChI=1S/C14H20N2O6S/c1-4-9-7-5-6-8-16-12(9)15-10(14(18)21-2)11(13(16)17)22-23(3,19)20/h9H,4-8H2,1-3H3. The van der Waals surface area contributed by atoms with E-state index in [4.69, 9.17) is 4.18 Å². The first kappa shape index (κ1) is 17.5. The van der Waals surface area contributed by atoms with Gasteiger partial charge in [0.05, 0.1) is 13.4 Å². The number of nitrogens with zero attached hydrogens (tertiary/aromatic N) is 2. The van der Waals surface area contributed by atoms with Crippen molar-refractivity contribution in [1.29, 1.82) is 0 Å². The number of ether oxygens (including phenoxy) is 1. The summed E-state index contributed by atoms with van der Waals surface area (Å²) in [6.07, 6.45) is 4.13. The summed E-state index contributed by atoms with van der Waals surface area (Å²) in [6.45, 7) is 2.39. The molecule has 0 N–H and O–H groups in total. The first-order valence-corrected chi connectivity index (χ1v) is 9.22. The van der Waals surface area contributed by atoms with E-state index < -0.39 is 33.1 Å². The van der Waals surface area contributed by atoms with Gasteiger partial charge < -0.3 is 8.92 Å². The Morgan fingerprint density at radius 2 is 2.09 bits per heavy atom. The number of hydrogen-bond donors (Lipinski definition) is 0. The summed E-state index contributed by atoms with van der Waals surface area (Å²) in [5.41, 5.74) is -1.06. The molecule has 128 valence electrons. The Hall–Kier alpha value is -1.90. The third-order valence-corrected chi connectivity index (χ3v) is 4.28. The normalized spacial score (nSPS) is 18.0. The van der Waals surface area contributed by atoms with Crippen molar-refractivity contribution < 1.29 is 22.1 Å². The van der Waals surface area contributed by atoms with Crippen LogP contribution in [0.25, 0.3) is 0 Å².